The second kappa shape index (κ2) is 14.9. The fourth-order valence-electron chi connectivity index (χ4n) is 1.59. The Balaban J connectivity index is 0.00000232. The van der Waals surface area contributed by atoms with Crippen LogP contribution in [0.2, 0.25) is 0 Å². The second-order valence-corrected chi connectivity index (χ2v) is 4.43. The van der Waals surface area contributed by atoms with Crippen LogP contribution >= 0.6 is 0 Å². The first kappa shape index (κ1) is 21.0. The van der Waals surface area contributed by atoms with Crippen molar-refractivity contribution in [3.63, 3.8) is 0 Å². The van der Waals surface area contributed by atoms with Gasteiger partial charge in [0.15, 0.2) is 0 Å². The van der Waals surface area contributed by atoms with Crippen LogP contribution in [-0.4, -0.2) is 26.4 Å². The number of hydrogen-bond donors (Lipinski definition) is 0. The Bertz CT molecular complexity index is 449. The summed E-state index contributed by atoms with van der Waals surface area (Å²) in [6.07, 6.45) is 4.47. The van der Waals surface area contributed by atoms with Gasteiger partial charge in [0.05, 0.1) is 6.61 Å². The van der Waals surface area contributed by atoms with E-state index < -0.39 is 0 Å². The third kappa shape index (κ3) is 10.4. The summed E-state index contributed by atoms with van der Waals surface area (Å²) in [6, 6.07) is 9.62. The highest BCUT2D eigenvalue weighted by Crippen LogP contribution is 2.14. The predicted octanol–water partition coefficient (Wildman–Crippen LogP) is 5.16. The van der Waals surface area contributed by atoms with Crippen molar-refractivity contribution >= 4 is 0 Å². The van der Waals surface area contributed by atoms with E-state index in [-0.39, 0.29) is 0 Å². The van der Waals surface area contributed by atoms with Gasteiger partial charge >= 0.3 is 0 Å². The summed E-state index contributed by atoms with van der Waals surface area (Å²) in [4.78, 5) is 0. The van der Waals surface area contributed by atoms with Crippen LogP contribution in [0.15, 0.2) is 67.0 Å². The minimum Gasteiger partial charge on any atom is -0.491 e. The monoisotopic (exact) mass is 318 g/mol. The summed E-state index contributed by atoms with van der Waals surface area (Å²) in [5.41, 5.74) is 0.772. The molecule has 0 spiro atoms. The van der Waals surface area contributed by atoms with Gasteiger partial charge in [-0.05, 0) is 24.6 Å². The lowest BCUT2D eigenvalue weighted by Gasteiger charge is -2.14. The van der Waals surface area contributed by atoms with Crippen LogP contribution in [-0.2, 0) is 9.47 Å². The summed E-state index contributed by atoms with van der Waals surface area (Å²) in [5, 5.41) is 0. The van der Waals surface area contributed by atoms with Crippen molar-refractivity contribution in [3.8, 4) is 5.75 Å². The first-order valence-electron chi connectivity index (χ1n) is 8.17. The van der Waals surface area contributed by atoms with Crippen molar-refractivity contribution in [3.05, 3.63) is 67.0 Å². The maximum atomic E-state index is 5.66. The van der Waals surface area contributed by atoms with E-state index in [1.807, 2.05) is 44.2 Å². The van der Waals surface area contributed by atoms with Gasteiger partial charge in [0, 0.05) is 12.2 Å². The van der Waals surface area contributed by atoms with Gasteiger partial charge in [0.2, 0.25) is 0 Å². The van der Waals surface area contributed by atoms with E-state index in [1.54, 1.807) is 12.2 Å². The predicted molar refractivity (Wildman–Crippen MR) is 97.8 cm³/mol. The maximum absolute atomic E-state index is 5.66. The summed E-state index contributed by atoms with van der Waals surface area (Å²) in [5.74, 6) is 1.49. The third-order valence-electron chi connectivity index (χ3n) is 2.61. The molecule has 3 nitrogen and oxygen atoms in total. The molecule has 0 radical (unpaired) electrons. The third-order valence-corrected chi connectivity index (χ3v) is 2.61. The van der Waals surface area contributed by atoms with Crippen molar-refractivity contribution < 1.29 is 14.2 Å². The topological polar surface area (TPSA) is 27.7 Å². The largest absolute Gasteiger partial charge is 0.491 e. The molecule has 1 aromatic carbocycles. The quantitative estimate of drug-likeness (QED) is 0.320. The Morgan fingerprint density at radius 1 is 1.09 bits per heavy atom. The van der Waals surface area contributed by atoms with Crippen molar-refractivity contribution in [2.75, 3.05) is 26.4 Å². The number of hydrogen-bond acceptors (Lipinski definition) is 3. The van der Waals surface area contributed by atoms with Crippen LogP contribution in [0.25, 0.3) is 0 Å². The van der Waals surface area contributed by atoms with E-state index in [1.165, 1.54) is 0 Å². The zero-order valence-corrected chi connectivity index (χ0v) is 14.7. The van der Waals surface area contributed by atoms with E-state index >= 15 is 0 Å². The van der Waals surface area contributed by atoms with Crippen molar-refractivity contribution in [2.45, 2.75) is 27.2 Å². The van der Waals surface area contributed by atoms with Gasteiger partial charge in [-0.1, -0.05) is 58.2 Å². The molecule has 3 heteroatoms. The molecular weight excluding hydrogens is 288 g/mol. The molecule has 0 aliphatic rings. The molecule has 0 unspecified atom stereocenters. The molecule has 0 amide bonds. The van der Waals surface area contributed by atoms with Gasteiger partial charge < -0.3 is 14.2 Å². The number of allylic oxidation sites excluding steroid dienone is 2. The molecule has 0 fully saturated rings. The molecule has 1 rings (SSSR count). The van der Waals surface area contributed by atoms with Gasteiger partial charge in [0.1, 0.15) is 24.7 Å². The van der Waals surface area contributed by atoms with Gasteiger partial charge in [0.25, 0.3) is 0 Å². The summed E-state index contributed by atoms with van der Waals surface area (Å²) < 4.78 is 16.7. The Morgan fingerprint density at radius 2 is 1.78 bits per heavy atom. The number of rotatable bonds is 11. The lowest BCUT2D eigenvalue weighted by atomic mass is 10.2. The summed E-state index contributed by atoms with van der Waals surface area (Å²) in [7, 11) is 0. The molecule has 0 heterocycles. The number of benzene rings is 1. The van der Waals surface area contributed by atoms with E-state index in [4.69, 9.17) is 14.2 Å². The Hall–Kier alpha value is -2.00. The zero-order chi connectivity index (χ0) is 17.3. The molecule has 0 saturated carbocycles. The van der Waals surface area contributed by atoms with E-state index in [9.17, 15) is 0 Å². The second-order valence-electron chi connectivity index (χ2n) is 4.43. The highest BCUT2D eigenvalue weighted by atomic mass is 16.5. The van der Waals surface area contributed by atoms with Crippen LogP contribution in [0, 0.1) is 0 Å². The van der Waals surface area contributed by atoms with Crippen LogP contribution in [0.3, 0.4) is 0 Å². The molecule has 0 aromatic heterocycles. The smallest absolute Gasteiger partial charge is 0.125 e. The lowest BCUT2D eigenvalue weighted by Crippen LogP contribution is -2.09. The summed E-state index contributed by atoms with van der Waals surface area (Å²) >= 11 is 0. The van der Waals surface area contributed by atoms with Gasteiger partial charge in [-0.25, -0.2) is 0 Å². The van der Waals surface area contributed by atoms with E-state index in [0.717, 1.165) is 24.4 Å². The highest BCUT2D eigenvalue weighted by molar-refractivity contribution is 5.28. The van der Waals surface area contributed by atoms with Crippen molar-refractivity contribution in [1.29, 1.82) is 0 Å². The van der Waals surface area contributed by atoms with Gasteiger partial charge in [-0.3, -0.25) is 0 Å². The standard InChI is InChI=1S/C18H24O3.C2H6/c1-4-9-18(20-14-13-19-12-5-2)16(3)15-21-17-10-7-6-8-11-17;1-2/h4,6-11H,1,3,5,12-15H2,2H3;1-2H3/b18-9+;. The molecule has 0 bridgehead atoms. The molecule has 0 atom stereocenters. The maximum Gasteiger partial charge on any atom is 0.125 e. The highest BCUT2D eigenvalue weighted by Gasteiger charge is 2.05. The lowest BCUT2D eigenvalue weighted by molar-refractivity contribution is 0.0773. The van der Waals surface area contributed by atoms with Gasteiger partial charge in [-0.2, -0.15) is 0 Å². The molecule has 0 aliphatic carbocycles. The van der Waals surface area contributed by atoms with Crippen LogP contribution in [0.1, 0.15) is 27.2 Å². The van der Waals surface area contributed by atoms with Crippen LogP contribution in [0.5, 0.6) is 5.75 Å². The Morgan fingerprint density at radius 3 is 2.39 bits per heavy atom. The SMILES string of the molecule is C=C/C=C(/OCCOCCC)C(=C)COc1ccccc1.CC. The zero-order valence-electron chi connectivity index (χ0n) is 14.7. The number of ether oxygens (including phenoxy) is 3. The van der Waals surface area contributed by atoms with Crippen molar-refractivity contribution in [2.24, 2.45) is 0 Å². The molecule has 0 saturated heterocycles. The Labute approximate surface area is 141 Å². The normalized spacial score (nSPS) is 10.3. The molecule has 0 N–H and O–H groups in total. The van der Waals surface area contributed by atoms with Crippen molar-refractivity contribution in [1.82, 2.24) is 0 Å². The average molecular weight is 318 g/mol. The van der Waals surface area contributed by atoms with Crippen LogP contribution < -0.4 is 4.74 Å². The molecule has 0 aliphatic heterocycles. The van der Waals surface area contributed by atoms with E-state index in [0.29, 0.717) is 25.6 Å². The number of para-hydroxylation sites is 1. The van der Waals surface area contributed by atoms with Crippen LogP contribution in [0.4, 0.5) is 0 Å². The molecule has 23 heavy (non-hydrogen) atoms. The first-order valence-corrected chi connectivity index (χ1v) is 8.17. The minimum atomic E-state index is 0.375. The van der Waals surface area contributed by atoms with E-state index in [2.05, 4.69) is 20.1 Å². The average Bonchev–Trinajstić information content (AvgIpc) is 2.61. The Kier molecular flexibility index (Phi) is 13.6. The fourth-order valence-corrected chi connectivity index (χ4v) is 1.59. The first-order chi connectivity index (χ1) is 11.3. The molecule has 128 valence electrons. The fraction of sp³-hybridized carbons (Fsp3) is 0.400. The molecular formula is C20H30O3. The minimum absolute atomic E-state index is 0.375. The van der Waals surface area contributed by atoms with Gasteiger partial charge in [-0.15, -0.1) is 0 Å². The molecule has 1 aromatic rings. The summed E-state index contributed by atoms with van der Waals surface area (Å²) in [6.45, 7) is 15.9.